The Bertz CT molecular complexity index is 1280. The largest absolute Gasteiger partial charge is 0.573 e. The predicted molar refractivity (Wildman–Crippen MR) is 117 cm³/mol. The van der Waals surface area contributed by atoms with Crippen molar-refractivity contribution in [3.63, 3.8) is 0 Å². The Kier molecular flexibility index (Phi) is 5.65. The Hall–Kier alpha value is -3.96. The summed E-state index contributed by atoms with van der Waals surface area (Å²) in [5, 5.41) is 9.88. The molecule has 9 nitrogen and oxygen atoms in total. The van der Waals surface area contributed by atoms with E-state index in [4.69, 9.17) is 9.15 Å². The molecule has 1 aromatic carbocycles. The Morgan fingerprint density at radius 2 is 2.11 bits per heavy atom. The second-order valence-corrected chi connectivity index (χ2v) is 8.37. The number of amides is 2. The second-order valence-electron chi connectivity index (χ2n) is 8.37. The van der Waals surface area contributed by atoms with Crippen LogP contribution in [0.3, 0.4) is 0 Å². The van der Waals surface area contributed by atoms with E-state index in [-0.39, 0.29) is 18.0 Å². The minimum Gasteiger partial charge on any atom is -0.468 e. The average molecular weight is 490 g/mol. The summed E-state index contributed by atoms with van der Waals surface area (Å²) >= 11 is 0. The molecular weight excluding hydrogens is 469 g/mol. The zero-order chi connectivity index (χ0) is 24.7. The highest BCUT2D eigenvalue weighted by Crippen LogP contribution is 2.41. The summed E-state index contributed by atoms with van der Waals surface area (Å²) < 4.78 is 52.8. The van der Waals surface area contributed by atoms with Crippen LogP contribution in [0, 0.1) is 0 Å². The predicted octanol–water partition coefficient (Wildman–Crippen LogP) is 4.19. The molecular formula is C23H21F3N4O5. The molecule has 2 aromatic heterocycles. The summed E-state index contributed by atoms with van der Waals surface area (Å²) in [5.74, 6) is -0.653. The van der Waals surface area contributed by atoms with Crippen molar-refractivity contribution in [2.45, 2.75) is 38.7 Å². The van der Waals surface area contributed by atoms with Gasteiger partial charge in [0.1, 0.15) is 24.3 Å². The van der Waals surface area contributed by atoms with Gasteiger partial charge in [0.2, 0.25) is 5.91 Å². The highest BCUT2D eigenvalue weighted by atomic mass is 19.4. The molecule has 1 unspecified atom stereocenters. The Labute approximate surface area is 197 Å². The van der Waals surface area contributed by atoms with Crippen molar-refractivity contribution in [2.75, 3.05) is 18.0 Å². The summed E-state index contributed by atoms with van der Waals surface area (Å²) in [6.07, 6.45) is -1.72. The molecule has 1 aliphatic carbocycles. The van der Waals surface area contributed by atoms with E-state index in [1.165, 1.54) is 18.1 Å². The summed E-state index contributed by atoms with van der Waals surface area (Å²) in [4.78, 5) is 25.1. The number of nitrogens with one attached hydrogen (secondary N) is 2. The SMILES string of the molecule is CC(=O)NCC1CN(c2ccc3c(c2)CCCc2c(-c4cocc4OC(F)(F)F)n[nH]c2-3)C(=O)O1. The van der Waals surface area contributed by atoms with Gasteiger partial charge in [-0.1, -0.05) is 6.07 Å². The van der Waals surface area contributed by atoms with Gasteiger partial charge in [0.05, 0.1) is 24.3 Å². The van der Waals surface area contributed by atoms with Crippen molar-refractivity contribution in [2.24, 2.45) is 0 Å². The minimum atomic E-state index is -4.85. The molecule has 3 aromatic rings. The first kappa shape index (κ1) is 22.8. The van der Waals surface area contributed by atoms with Gasteiger partial charge in [0.15, 0.2) is 5.75 Å². The smallest absolute Gasteiger partial charge is 0.468 e. The fourth-order valence-electron chi connectivity index (χ4n) is 4.47. The number of aromatic amines is 1. The van der Waals surface area contributed by atoms with Gasteiger partial charge < -0.3 is 19.2 Å². The number of ether oxygens (including phenoxy) is 2. The molecule has 184 valence electrons. The number of anilines is 1. The lowest BCUT2D eigenvalue weighted by Crippen LogP contribution is -2.33. The van der Waals surface area contributed by atoms with Crippen LogP contribution in [0.25, 0.3) is 22.5 Å². The molecule has 1 saturated heterocycles. The van der Waals surface area contributed by atoms with Crippen LogP contribution in [0.5, 0.6) is 5.75 Å². The number of fused-ring (bicyclic) bond motifs is 3. The number of nitrogens with zero attached hydrogens (tertiary/aromatic N) is 2. The van der Waals surface area contributed by atoms with Crippen molar-refractivity contribution in [1.82, 2.24) is 15.5 Å². The van der Waals surface area contributed by atoms with E-state index in [0.29, 0.717) is 36.5 Å². The zero-order valence-corrected chi connectivity index (χ0v) is 18.6. The minimum absolute atomic E-state index is 0.116. The standard InChI is InChI=1S/C23H21F3N4O5/c1-12(31)27-8-15-9-30(22(32)34-15)14-5-6-16-13(7-14)3-2-4-17-20(16)28-29-21(17)18-10-33-11-19(18)35-23(24,25)26/h5-7,10-11,15H,2-4,8-9H2,1H3,(H,27,31)(H,28,29). The quantitative estimate of drug-likeness (QED) is 0.555. The van der Waals surface area contributed by atoms with Crippen LogP contribution < -0.4 is 15.0 Å². The van der Waals surface area contributed by atoms with Crippen LogP contribution in [0.1, 0.15) is 24.5 Å². The molecule has 2 N–H and O–H groups in total. The third kappa shape index (κ3) is 4.55. The number of carbonyl (C=O) groups is 2. The topological polar surface area (TPSA) is 110 Å². The second kappa shape index (κ2) is 8.67. The molecule has 3 heterocycles. The van der Waals surface area contributed by atoms with E-state index in [1.54, 1.807) is 6.07 Å². The molecule has 0 bridgehead atoms. The average Bonchev–Trinajstić information content (AvgIpc) is 3.47. The molecule has 5 rings (SSSR count). The molecule has 1 atom stereocenters. The summed E-state index contributed by atoms with van der Waals surface area (Å²) in [5.41, 5.74) is 4.40. The summed E-state index contributed by atoms with van der Waals surface area (Å²) in [6, 6.07) is 5.54. The highest BCUT2D eigenvalue weighted by Gasteiger charge is 2.35. The van der Waals surface area contributed by atoms with Crippen LogP contribution in [-0.4, -0.2) is 47.8 Å². The number of cyclic esters (lactones) is 1. The molecule has 1 aliphatic heterocycles. The third-order valence-corrected chi connectivity index (χ3v) is 5.97. The number of benzene rings is 1. The van der Waals surface area contributed by atoms with Gasteiger partial charge in [-0.25, -0.2) is 4.79 Å². The van der Waals surface area contributed by atoms with Crippen molar-refractivity contribution in [1.29, 1.82) is 0 Å². The van der Waals surface area contributed by atoms with Gasteiger partial charge in [-0.15, -0.1) is 13.2 Å². The number of halogens is 3. The fourth-order valence-corrected chi connectivity index (χ4v) is 4.47. The lowest BCUT2D eigenvalue weighted by molar-refractivity contribution is -0.274. The third-order valence-electron chi connectivity index (χ3n) is 5.97. The van der Waals surface area contributed by atoms with Gasteiger partial charge in [0.25, 0.3) is 0 Å². The molecule has 0 radical (unpaired) electrons. The number of alkyl halides is 3. The van der Waals surface area contributed by atoms with E-state index in [2.05, 4.69) is 20.3 Å². The van der Waals surface area contributed by atoms with E-state index in [9.17, 15) is 22.8 Å². The highest BCUT2D eigenvalue weighted by molar-refractivity contribution is 5.91. The first-order valence-electron chi connectivity index (χ1n) is 10.9. The maximum Gasteiger partial charge on any atom is 0.573 e. The normalized spacial score (nSPS) is 17.4. The summed E-state index contributed by atoms with van der Waals surface area (Å²) in [6.45, 7) is 1.93. The van der Waals surface area contributed by atoms with Crippen LogP contribution in [0.2, 0.25) is 0 Å². The number of aryl methyl sites for hydroxylation is 1. The van der Waals surface area contributed by atoms with Gasteiger partial charge in [-0.05, 0) is 37.0 Å². The lowest BCUT2D eigenvalue weighted by atomic mass is 10.00. The number of hydrogen-bond acceptors (Lipinski definition) is 6. The van der Waals surface area contributed by atoms with E-state index >= 15 is 0 Å². The van der Waals surface area contributed by atoms with Crippen LogP contribution in [0.4, 0.5) is 23.7 Å². The van der Waals surface area contributed by atoms with Crippen molar-refractivity contribution in [3.8, 4) is 28.3 Å². The Morgan fingerprint density at radius 3 is 2.89 bits per heavy atom. The zero-order valence-electron chi connectivity index (χ0n) is 18.6. The van der Waals surface area contributed by atoms with Crippen LogP contribution >= 0.6 is 0 Å². The molecule has 2 aliphatic rings. The lowest BCUT2D eigenvalue weighted by Gasteiger charge is -2.16. The van der Waals surface area contributed by atoms with Crippen molar-refractivity contribution in [3.05, 3.63) is 41.9 Å². The number of aromatic nitrogens is 2. The molecule has 0 spiro atoms. The molecule has 2 amide bonds. The number of carbonyl (C=O) groups excluding carboxylic acids is 2. The number of H-pyrrole nitrogens is 1. The van der Waals surface area contributed by atoms with E-state index < -0.39 is 24.3 Å². The first-order valence-corrected chi connectivity index (χ1v) is 10.9. The maximum absolute atomic E-state index is 12.8. The Balaban J connectivity index is 1.43. The van der Waals surface area contributed by atoms with Crippen LogP contribution in [0.15, 0.2) is 35.1 Å². The molecule has 35 heavy (non-hydrogen) atoms. The van der Waals surface area contributed by atoms with Gasteiger partial charge in [-0.3, -0.25) is 14.8 Å². The number of hydrogen-bond donors (Lipinski definition) is 2. The van der Waals surface area contributed by atoms with Gasteiger partial charge >= 0.3 is 12.5 Å². The molecule has 0 saturated carbocycles. The van der Waals surface area contributed by atoms with Crippen molar-refractivity contribution >= 4 is 17.7 Å². The number of rotatable bonds is 5. The molecule has 12 heteroatoms. The van der Waals surface area contributed by atoms with Gasteiger partial charge in [-0.2, -0.15) is 5.10 Å². The van der Waals surface area contributed by atoms with Crippen molar-refractivity contribution < 1.29 is 36.7 Å². The first-order chi connectivity index (χ1) is 16.7. The van der Waals surface area contributed by atoms with E-state index in [1.807, 2.05) is 12.1 Å². The van der Waals surface area contributed by atoms with Crippen LogP contribution in [-0.2, 0) is 22.4 Å². The van der Waals surface area contributed by atoms with E-state index in [0.717, 1.165) is 29.4 Å². The Morgan fingerprint density at radius 1 is 1.29 bits per heavy atom. The summed E-state index contributed by atoms with van der Waals surface area (Å²) in [7, 11) is 0. The number of furan rings is 1. The maximum atomic E-state index is 12.8. The monoisotopic (exact) mass is 490 g/mol. The van der Waals surface area contributed by atoms with Gasteiger partial charge in [0, 0.05) is 23.7 Å². The fraction of sp³-hybridized carbons (Fsp3) is 0.348. The molecule has 1 fully saturated rings.